The van der Waals surface area contributed by atoms with Crippen LogP contribution in [0.4, 0.5) is 0 Å². The fourth-order valence-corrected chi connectivity index (χ4v) is 1.13. The minimum atomic E-state index is 0.250. The van der Waals surface area contributed by atoms with Crippen LogP contribution in [0.1, 0.15) is 6.92 Å². The number of hydrogen-bond acceptors (Lipinski definition) is 3. The number of morpholine rings is 1. The lowest BCUT2D eigenvalue weighted by atomic mass is 10.3. The van der Waals surface area contributed by atoms with E-state index in [1.54, 1.807) is 0 Å². The van der Waals surface area contributed by atoms with Crippen molar-refractivity contribution in [3.8, 4) is 0 Å². The summed E-state index contributed by atoms with van der Waals surface area (Å²) in [4.78, 5) is 2.24. The first kappa shape index (κ1) is 7.98. The summed E-state index contributed by atoms with van der Waals surface area (Å²) in [5.41, 5.74) is 0. The average Bonchev–Trinajstić information content (AvgIpc) is 2.05. The Labute approximate surface area is 61.6 Å². The van der Waals surface area contributed by atoms with E-state index >= 15 is 0 Å². The normalized spacial score (nSPS) is 24.6. The van der Waals surface area contributed by atoms with E-state index in [0.717, 1.165) is 26.3 Å². The lowest BCUT2D eigenvalue weighted by Gasteiger charge is -2.30. The fraction of sp³-hybridized carbons (Fsp3) is 1.00. The van der Waals surface area contributed by atoms with E-state index in [0.29, 0.717) is 6.04 Å². The summed E-state index contributed by atoms with van der Waals surface area (Å²) < 4.78 is 5.17. The fourth-order valence-electron chi connectivity index (χ4n) is 1.13. The molecule has 1 atom stereocenters. The molecule has 60 valence electrons. The second kappa shape index (κ2) is 3.91. The summed E-state index contributed by atoms with van der Waals surface area (Å²) in [6, 6.07) is 0.295. The maximum atomic E-state index is 8.80. The summed E-state index contributed by atoms with van der Waals surface area (Å²) in [7, 11) is 0. The van der Waals surface area contributed by atoms with Crippen molar-refractivity contribution in [2.45, 2.75) is 13.0 Å². The standard InChI is InChI=1S/C7H15NO2/c1-7(6-9)8-2-4-10-5-3-8/h7,9H,2-6H2,1H3. The van der Waals surface area contributed by atoms with Gasteiger partial charge in [0.1, 0.15) is 0 Å². The molecule has 1 saturated heterocycles. The third-order valence-electron chi connectivity index (χ3n) is 1.93. The molecule has 0 spiro atoms. The van der Waals surface area contributed by atoms with E-state index in [2.05, 4.69) is 4.90 Å². The zero-order valence-electron chi connectivity index (χ0n) is 6.42. The quantitative estimate of drug-likeness (QED) is 0.579. The molecule has 0 bridgehead atoms. The summed E-state index contributed by atoms with van der Waals surface area (Å²) >= 11 is 0. The Bertz CT molecular complexity index is 91.6. The lowest BCUT2D eigenvalue weighted by Crippen LogP contribution is -2.43. The molecule has 1 rings (SSSR count). The first-order chi connectivity index (χ1) is 4.84. The first-order valence-corrected chi connectivity index (χ1v) is 3.77. The number of ether oxygens (including phenoxy) is 1. The van der Waals surface area contributed by atoms with Gasteiger partial charge in [0.25, 0.3) is 0 Å². The van der Waals surface area contributed by atoms with Crippen LogP contribution in [0.3, 0.4) is 0 Å². The van der Waals surface area contributed by atoms with Crippen molar-refractivity contribution in [2.24, 2.45) is 0 Å². The predicted molar refractivity (Wildman–Crippen MR) is 38.9 cm³/mol. The largest absolute Gasteiger partial charge is 0.395 e. The molecular formula is C7H15NO2. The van der Waals surface area contributed by atoms with Crippen molar-refractivity contribution >= 4 is 0 Å². The highest BCUT2D eigenvalue weighted by atomic mass is 16.5. The summed E-state index contributed by atoms with van der Waals surface area (Å²) in [5, 5.41) is 8.80. The van der Waals surface area contributed by atoms with Gasteiger partial charge in [-0.3, -0.25) is 4.90 Å². The minimum Gasteiger partial charge on any atom is -0.395 e. The third kappa shape index (κ3) is 1.94. The van der Waals surface area contributed by atoms with Gasteiger partial charge in [-0.25, -0.2) is 0 Å². The van der Waals surface area contributed by atoms with Crippen LogP contribution < -0.4 is 0 Å². The zero-order valence-corrected chi connectivity index (χ0v) is 6.42. The Balaban J connectivity index is 2.24. The molecule has 1 aliphatic heterocycles. The molecular weight excluding hydrogens is 130 g/mol. The third-order valence-corrected chi connectivity index (χ3v) is 1.93. The molecule has 1 heterocycles. The highest BCUT2D eigenvalue weighted by Crippen LogP contribution is 2.01. The highest BCUT2D eigenvalue weighted by Gasteiger charge is 2.15. The number of hydrogen-bond donors (Lipinski definition) is 1. The van der Waals surface area contributed by atoms with Gasteiger partial charge < -0.3 is 9.84 Å². The van der Waals surface area contributed by atoms with E-state index in [1.165, 1.54) is 0 Å². The van der Waals surface area contributed by atoms with Crippen LogP contribution in [0.5, 0.6) is 0 Å². The maximum Gasteiger partial charge on any atom is 0.0594 e. The van der Waals surface area contributed by atoms with Crippen molar-refractivity contribution in [3.05, 3.63) is 0 Å². The van der Waals surface area contributed by atoms with Crippen molar-refractivity contribution in [1.82, 2.24) is 4.90 Å². The van der Waals surface area contributed by atoms with Crippen molar-refractivity contribution in [1.29, 1.82) is 0 Å². The van der Waals surface area contributed by atoms with Crippen LogP contribution in [0, 0.1) is 0 Å². The van der Waals surface area contributed by atoms with Crippen molar-refractivity contribution < 1.29 is 9.84 Å². The van der Waals surface area contributed by atoms with Gasteiger partial charge >= 0.3 is 0 Å². The zero-order chi connectivity index (χ0) is 7.40. The van der Waals surface area contributed by atoms with Crippen molar-refractivity contribution in [2.75, 3.05) is 32.9 Å². The lowest BCUT2D eigenvalue weighted by molar-refractivity contribution is 0.00797. The molecule has 0 aromatic carbocycles. The van der Waals surface area contributed by atoms with Gasteiger partial charge in [0, 0.05) is 19.1 Å². The van der Waals surface area contributed by atoms with Crippen molar-refractivity contribution in [3.63, 3.8) is 0 Å². The van der Waals surface area contributed by atoms with Crippen LogP contribution in [-0.2, 0) is 4.74 Å². The van der Waals surface area contributed by atoms with Gasteiger partial charge in [-0.05, 0) is 6.92 Å². The smallest absolute Gasteiger partial charge is 0.0594 e. The molecule has 0 aromatic rings. The van der Waals surface area contributed by atoms with Crippen LogP contribution in [-0.4, -0.2) is 49.0 Å². The van der Waals surface area contributed by atoms with Gasteiger partial charge in [0.15, 0.2) is 0 Å². The molecule has 1 N–H and O–H groups in total. The van der Waals surface area contributed by atoms with Gasteiger partial charge in [-0.2, -0.15) is 0 Å². The van der Waals surface area contributed by atoms with E-state index in [4.69, 9.17) is 9.84 Å². The molecule has 0 saturated carbocycles. The monoisotopic (exact) mass is 145 g/mol. The Hall–Kier alpha value is -0.120. The topological polar surface area (TPSA) is 32.7 Å². The van der Waals surface area contributed by atoms with E-state index < -0.39 is 0 Å². The molecule has 0 aliphatic carbocycles. The van der Waals surface area contributed by atoms with Crippen LogP contribution in [0.25, 0.3) is 0 Å². The second-order valence-corrected chi connectivity index (χ2v) is 2.68. The van der Waals surface area contributed by atoms with Crippen LogP contribution >= 0.6 is 0 Å². The number of rotatable bonds is 2. The van der Waals surface area contributed by atoms with Crippen LogP contribution in [0.2, 0.25) is 0 Å². The van der Waals surface area contributed by atoms with Gasteiger partial charge in [-0.15, -0.1) is 0 Å². The SMILES string of the molecule is CC(CO)N1CCOCC1. The summed E-state index contributed by atoms with van der Waals surface area (Å²) in [6.07, 6.45) is 0. The van der Waals surface area contributed by atoms with E-state index in [-0.39, 0.29) is 6.61 Å². The molecule has 0 aromatic heterocycles. The molecule has 0 amide bonds. The van der Waals surface area contributed by atoms with Gasteiger partial charge in [0.05, 0.1) is 19.8 Å². The Morgan fingerprint density at radius 1 is 1.50 bits per heavy atom. The molecule has 10 heavy (non-hydrogen) atoms. The number of nitrogens with zero attached hydrogens (tertiary/aromatic N) is 1. The minimum absolute atomic E-state index is 0.250. The molecule has 3 nitrogen and oxygen atoms in total. The molecule has 1 fully saturated rings. The molecule has 1 unspecified atom stereocenters. The average molecular weight is 145 g/mol. The van der Waals surface area contributed by atoms with Crippen LogP contribution in [0.15, 0.2) is 0 Å². The van der Waals surface area contributed by atoms with Gasteiger partial charge in [0.2, 0.25) is 0 Å². The summed E-state index contributed by atoms with van der Waals surface area (Å²) in [5.74, 6) is 0. The Morgan fingerprint density at radius 3 is 2.60 bits per heavy atom. The predicted octanol–water partition coefficient (Wildman–Crippen LogP) is -0.301. The molecule has 3 heteroatoms. The number of aliphatic hydroxyl groups excluding tert-OH is 1. The maximum absolute atomic E-state index is 8.80. The summed E-state index contributed by atoms with van der Waals surface area (Å²) in [6.45, 7) is 5.82. The second-order valence-electron chi connectivity index (χ2n) is 2.68. The first-order valence-electron chi connectivity index (χ1n) is 3.77. The highest BCUT2D eigenvalue weighted by molar-refractivity contribution is 4.68. The van der Waals surface area contributed by atoms with E-state index in [1.807, 2.05) is 6.92 Å². The number of aliphatic hydroxyl groups is 1. The van der Waals surface area contributed by atoms with E-state index in [9.17, 15) is 0 Å². The Kier molecular flexibility index (Phi) is 3.12. The Morgan fingerprint density at radius 2 is 2.10 bits per heavy atom. The van der Waals surface area contributed by atoms with Gasteiger partial charge in [-0.1, -0.05) is 0 Å². The molecule has 1 aliphatic rings. The molecule has 0 radical (unpaired) electrons.